The van der Waals surface area contributed by atoms with Gasteiger partial charge in [0.2, 0.25) is 5.91 Å². The molecule has 1 aromatic rings. The summed E-state index contributed by atoms with van der Waals surface area (Å²) in [6.07, 6.45) is 0.450. The normalized spacial score (nSPS) is 20.4. The molecule has 4 nitrogen and oxygen atoms in total. The molecule has 1 aromatic carbocycles. The molecule has 1 fully saturated rings. The highest BCUT2D eigenvalue weighted by atomic mass is 35.5. The molecule has 0 aromatic heterocycles. The molecule has 1 heterocycles. The fraction of sp³-hybridized carbons (Fsp3) is 0.533. The molecule has 0 aliphatic carbocycles. The molecule has 1 saturated heterocycles. The van der Waals surface area contributed by atoms with E-state index in [1.54, 1.807) is 4.90 Å². The third-order valence-corrected chi connectivity index (χ3v) is 4.09. The number of nitrogens with zero attached hydrogens (tertiary/aromatic N) is 1. The lowest BCUT2D eigenvalue weighted by atomic mass is 10.1. The zero-order valence-electron chi connectivity index (χ0n) is 11.9. The van der Waals surface area contributed by atoms with Gasteiger partial charge < -0.3 is 15.0 Å². The first-order valence-electron chi connectivity index (χ1n) is 6.91. The third-order valence-electron chi connectivity index (χ3n) is 3.75. The van der Waals surface area contributed by atoms with Crippen molar-refractivity contribution in [1.29, 1.82) is 0 Å². The number of halogens is 1. The number of hydrogen-bond donors (Lipinski definition) is 1. The van der Waals surface area contributed by atoms with Crippen LogP contribution in [-0.2, 0) is 9.53 Å². The SMILES string of the molecule is CC(c1ccccc1Cl)N(C)C(=O)CC1COCCN1. The first-order chi connectivity index (χ1) is 9.59. The summed E-state index contributed by atoms with van der Waals surface area (Å²) in [6, 6.07) is 7.70. The van der Waals surface area contributed by atoms with Crippen molar-refractivity contribution in [2.24, 2.45) is 0 Å². The number of hydrogen-bond acceptors (Lipinski definition) is 3. The zero-order chi connectivity index (χ0) is 14.5. The van der Waals surface area contributed by atoms with Gasteiger partial charge in [-0.15, -0.1) is 0 Å². The van der Waals surface area contributed by atoms with Crippen molar-refractivity contribution in [2.45, 2.75) is 25.4 Å². The van der Waals surface area contributed by atoms with Crippen molar-refractivity contribution < 1.29 is 9.53 Å². The largest absolute Gasteiger partial charge is 0.378 e. The summed E-state index contributed by atoms with van der Waals surface area (Å²) in [5, 5.41) is 3.99. The average molecular weight is 297 g/mol. The van der Waals surface area contributed by atoms with Crippen molar-refractivity contribution in [3.63, 3.8) is 0 Å². The van der Waals surface area contributed by atoms with E-state index in [0.29, 0.717) is 18.1 Å². The topological polar surface area (TPSA) is 41.6 Å². The first kappa shape index (κ1) is 15.3. The monoisotopic (exact) mass is 296 g/mol. The van der Waals surface area contributed by atoms with Crippen LogP contribution < -0.4 is 5.32 Å². The van der Waals surface area contributed by atoms with Crippen molar-refractivity contribution in [3.05, 3.63) is 34.9 Å². The highest BCUT2D eigenvalue weighted by Gasteiger charge is 2.23. The van der Waals surface area contributed by atoms with E-state index in [1.807, 2.05) is 38.2 Å². The molecule has 0 saturated carbocycles. The Morgan fingerprint density at radius 1 is 1.55 bits per heavy atom. The quantitative estimate of drug-likeness (QED) is 0.926. The fourth-order valence-corrected chi connectivity index (χ4v) is 2.64. The highest BCUT2D eigenvalue weighted by Crippen LogP contribution is 2.26. The van der Waals surface area contributed by atoms with Crippen molar-refractivity contribution in [3.8, 4) is 0 Å². The van der Waals surface area contributed by atoms with E-state index in [-0.39, 0.29) is 18.0 Å². The van der Waals surface area contributed by atoms with Crippen molar-refractivity contribution in [1.82, 2.24) is 10.2 Å². The number of carbonyl (C=O) groups is 1. The van der Waals surface area contributed by atoms with Crippen LogP contribution in [0.5, 0.6) is 0 Å². The second-order valence-electron chi connectivity index (χ2n) is 5.13. The Hall–Kier alpha value is -1.10. The van der Waals surface area contributed by atoms with Gasteiger partial charge in [-0.25, -0.2) is 0 Å². The number of nitrogens with one attached hydrogen (secondary N) is 1. The summed E-state index contributed by atoms with van der Waals surface area (Å²) in [4.78, 5) is 14.1. The van der Waals surface area contributed by atoms with E-state index in [0.717, 1.165) is 18.7 Å². The number of morpholine rings is 1. The standard InChI is InChI=1S/C15H21ClN2O2/c1-11(13-5-3-4-6-14(13)16)18(2)15(19)9-12-10-20-8-7-17-12/h3-6,11-12,17H,7-10H2,1-2H3. The molecule has 1 N–H and O–H groups in total. The van der Waals surface area contributed by atoms with Crippen LogP contribution in [0.4, 0.5) is 0 Å². The van der Waals surface area contributed by atoms with Crippen LogP contribution >= 0.6 is 11.6 Å². The van der Waals surface area contributed by atoms with Crippen LogP contribution in [0.3, 0.4) is 0 Å². The summed E-state index contributed by atoms with van der Waals surface area (Å²) < 4.78 is 5.37. The number of amides is 1. The van der Waals surface area contributed by atoms with Crippen LogP contribution in [0.15, 0.2) is 24.3 Å². The number of rotatable bonds is 4. The fourth-order valence-electron chi connectivity index (χ4n) is 2.34. The summed E-state index contributed by atoms with van der Waals surface area (Å²) >= 11 is 6.19. The molecular weight excluding hydrogens is 276 g/mol. The molecule has 2 rings (SSSR count). The van der Waals surface area contributed by atoms with Gasteiger partial charge in [-0.3, -0.25) is 4.79 Å². The van der Waals surface area contributed by atoms with Crippen molar-refractivity contribution >= 4 is 17.5 Å². The Kier molecular flexibility index (Phi) is 5.40. The summed E-state index contributed by atoms with van der Waals surface area (Å²) in [5.74, 6) is 0.0976. The molecule has 0 radical (unpaired) electrons. The molecular formula is C15H21ClN2O2. The second-order valence-corrected chi connectivity index (χ2v) is 5.54. The molecule has 110 valence electrons. The number of ether oxygens (including phenoxy) is 1. The number of benzene rings is 1. The Morgan fingerprint density at radius 2 is 2.30 bits per heavy atom. The Bertz CT molecular complexity index is 461. The van der Waals surface area contributed by atoms with Gasteiger partial charge in [0.25, 0.3) is 0 Å². The first-order valence-corrected chi connectivity index (χ1v) is 7.28. The summed E-state index contributed by atoms with van der Waals surface area (Å²) in [7, 11) is 1.82. The maximum atomic E-state index is 12.3. The second kappa shape index (κ2) is 7.07. The minimum atomic E-state index is -0.0410. The van der Waals surface area contributed by atoms with E-state index in [4.69, 9.17) is 16.3 Å². The van der Waals surface area contributed by atoms with Gasteiger partial charge in [-0.2, -0.15) is 0 Å². The maximum absolute atomic E-state index is 12.3. The van der Waals surface area contributed by atoms with Gasteiger partial charge in [0, 0.05) is 31.1 Å². The predicted octanol–water partition coefficient (Wildman–Crippen LogP) is 2.24. The number of carbonyl (C=O) groups excluding carboxylic acids is 1. The van der Waals surface area contributed by atoms with E-state index in [9.17, 15) is 4.79 Å². The van der Waals surface area contributed by atoms with Gasteiger partial charge in [0.05, 0.1) is 19.3 Å². The van der Waals surface area contributed by atoms with Gasteiger partial charge in [0.1, 0.15) is 0 Å². The third kappa shape index (κ3) is 3.72. The minimum Gasteiger partial charge on any atom is -0.378 e. The molecule has 1 aliphatic rings. The van der Waals surface area contributed by atoms with Gasteiger partial charge >= 0.3 is 0 Å². The lowest BCUT2D eigenvalue weighted by molar-refractivity contribution is -0.133. The summed E-state index contributed by atoms with van der Waals surface area (Å²) in [5.41, 5.74) is 0.970. The molecule has 1 amide bonds. The molecule has 1 aliphatic heterocycles. The van der Waals surface area contributed by atoms with Crippen LogP contribution in [0.25, 0.3) is 0 Å². The maximum Gasteiger partial charge on any atom is 0.224 e. The highest BCUT2D eigenvalue weighted by molar-refractivity contribution is 6.31. The Labute approximate surface area is 125 Å². The van der Waals surface area contributed by atoms with E-state index in [2.05, 4.69) is 5.32 Å². The zero-order valence-corrected chi connectivity index (χ0v) is 12.7. The molecule has 0 spiro atoms. The molecule has 5 heteroatoms. The Morgan fingerprint density at radius 3 is 2.95 bits per heavy atom. The predicted molar refractivity (Wildman–Crippen MR) is 79.9 cm³/mol. The average Bonchev–Trinajstić information content (AvgIpc) is 2.47. The molecule has 20 heavy (non-hydrogen) atoms. The van der Waals surface area contributed by atoms with Gasteiger partial charge in [-0.1, -0.05) is 29.8 Å². The van der Waals surface area contributed by atoms with E-state index >= 15 is 0 Å². The minimum absolute atomic E-state index is 0.0410. The smallest absolute Gasteiger partial charge is 0.224 e. The lowest BCUT2D eigenvalue weighted by Crippen LogP contribution is -2.44. The Balaban J connectivity index is 1.97. The van der Waals surface area contributed by atoms with Crippen LogP contribution in [0.1, 0.15) is 24.9 Å². The molecule has 2 atom stereocenters. The summed E-state index contributed by atoms with van der Waals surface area (Å²) in [6.45, 7) is 4.11. The van der Waals surface area contributed by atoms with E-state index < -0.39 is 0 Å². The van der Waals surface area contributed by atoms with E-state index in [1.165, 1.54) is 0 Å². The van der Waals surface area contributed by atoms with Gasteiger partial charge in [-0.05, 0) is 18.6 Å². The molecule has 0 bridgehead atoms. The molecule has 2 unspecified atom stereocenters. The van der Waals surface area contributed by atoms with Crippen molar-refractivity contribution in [2.75, 3.05) is 26.8 Å². The lowest BCUT2D eigenvalue weighted by Gasteiger charge is -2.29. The van der Waals surface area contributed by atoms with Gasteiger partial charge in [0.15, 0.2) is 0 Å². The van der Waals surface area contributed by atoms with Crippen LogP contribution in [-0.4, -0.2) is 43.7 Å². The van der Waals surface area contributed by atoms with Crippen LogP contribution in [0, 0.1) is 0 Å². The van der Waals surface area contributed by atoms with Crippen LogP contribution in [0.2, 0.25) is 5.02 Å².